The van der Waals surface area contributed by atoms with E-state index in [4.69, 9.17) is 0 Å². The maximum absolute atomic E-state index is 13.1. The van der Waals surface area contributed by atoms with E-state index in [0.29, 0.717) is 0 Å². The molecule has 0 amide bonds. The van der Waals surface area contributed by atoms with E-state index < -0.39 is 0 Å². The van der Waals surface area contributed by atoms with Crippen LogP contribution in [0, 0.1) is 5.82 Å². The summed E-state index contributed by atoms with van der Waals surface area (Å²) in [4.78, 5) is 10.1. The molecule has 0 radical (unpaired) electrons. The summed E-state index contributed by atoms with van der Waals surface area (Å²) in [5.41, 5.74) is 0.878. The summed E-state index contributed by atoms with van der Waals surface area (Å²) in [7, 11) is 0. The van der Waals surface area contributed by atoms with Crippen LogP contribution < -0.4 is 0 Å². The molecule has 2 heterocycles. The van der Waals surface area contributed by atoms with E-state index in [1.165, 1.54) is 18.5 Å². The summed E-state index contributed by atoms with van der Waals surface area (Å²) in [5.74, 6) is -0.221. The molecule has 78 valence electrons. The highest BCUT2D eigenvalue weighted by molar-refractivity contribution is 7.21. The molecule has 0 saturated carbocycles. The highest BCUT2D eigenvalue weighted by Crippen LogP contribution is 2.31. The molecule has 1 aromatic carbocycles. The summed E-state index contributed by atoms with van der Waals surface area (Å²) in [5, 5.41) is 0.992. The Morgan fingerprint density at radius 2 is 2.12 bits per heavy atom. The second-order valence-corrected chi connectivity index (χ2v) is 4.43. The van der Waals surface area contributed by atoms with Gasteiger partial charge in [-0.1, -0.05) is 12.1 Å². The van der Waals surface area contributed by atoms with E-state index in [1.54, 1.807) is 23.6 Å². The number of rotatable bonds is 1. The van der Waals surface area contributed by atoms with Gasteiger partial charge in [0.1, 0.15) is 17.0 Å². The predicted octanol–water partition coefficient (Wildman–Crippen LogP) is 3.50. The normalized spacial score (nSPS) is 10.8. The standard InChI is InChI=1S/C12H7FN2S/c13-10-3-1-2-8(4-10)11-5-9-6-14-7-15-12(9)16-11/h1-7H. The number of hydrogen-bond acceptors (Lipinski definition) is 3. The monoisotopic (exact) mass is 230 g/mol. The molecule has 0 aliphatic rings. The molecular formula is C12H7FN2S. The Bertz CT molecular complexity index is 615. The third-order valence-electron chi connectivity index (χ3n) is 2.30. The molecule has 0 unspecified atom stereocenters. The molecule has 0 fully saturated rings. The first kappa shape index (κ1) is 9.42. The zero-order valence-corrected chi connectivity index (χ0v) is 9.04. The van der Waals surface area contributed by atoms with Gasteiger partial charge in [-0.25, -0.2) is 14.4 Å². The molecule has 0 bridgehead atoms. The minimum absolute atomic E-state index is 0.221. The van der Waals surface area contributed by atoms with Crippen molar-refractivity contribution in [2.45, 2.75) is 0 Å². The molecular weight excluding hydrogens is 223 g/mol. The van der Waals surface area contributed by atoms with Gasteiger partial charge in [-0.3, -0.25) is 0 Å². The van der Waals surface area contributed by atoms with Gasteiger partial charge in [0.25, 0.3) is 0 Å². The SMILES string of the molecule is Fc1cccc(-c2cc3cncnc3s2)c1. The Balaban J connectivity index is 2.19. The number of thiophene rings is 1. The second kappa shape index (κ2) is 3.64. The summed E-state index contributed by atoms with van der Waals surface area (Å²) in [6.07, 6.45) is 3.29. The van der Waals surface area contributed by atoms with E-state index in [1.807, 2.05) is 12.1 Å². The largest absolute Gasteiger partial charge is 0.244 e. The Kier molecular flexibility index (Phi) is 2.15. The third-order valence-corrected chi connectivity index (χ3v) is 3.41. The van der Waals surface area contributed by atoms with Crippen molar-refractivity contribution in [1.82, 2.24) is 9.97 Å². The lowest BCUT2D eigenvalue weighted by molar-refractivity contribution is 0.628. The molecule has 4 heteroatoms. The van der Waals surface area contributed by atoms with Crippen molar-refractivity contribution in [2.75, 3.05) is 0 Å². The summed E-state index contributed by atoms with van der Waals surface area (Å²) >= 11 is 1.54. The first-order valence-corrected chi connectivity index (χ1v) is 5.60. The number of hydrogen-bond donors (Lipinski definition) is 0. The fourth-order valence-corrected chi connectivity index (χ4v) is 2.54. The zero-order valence-electron chi connectivity index (χ0n) is 8.22. The first-order chi connectivity index (χ1) is 7.83. The Morgan fingerprint density at radius 3 is 2.94 bits per heavy atom. The quantitative estimate of drug-likeness (QED) is 0.639. The van der Waals surface area contributed by atoms with E-state index in [0.717, 1.165) is 20.7 Å². The van der Waals surface area contributed by atoms with Crippen LogP contribution in [-0.2, 0) is 0 Å². The van der Waals surface area contributed by atoms with Gasteiger partial charge >= 0.3 is 0 Å². The smallest absolute Gasteiger partial charge is 0.127 e. The van der Waals surface area contributed by atoms with Crippen molar-refractivity contribution in [1.29, 1.82) is 0 Å². The van der Waals surface area contributed by atoms with Crippen LogP contribution >= 0.6 is 11.3 Å². The Morgan fingerprint density at radius 1 is 1.19 bits per heavy atom. The van der Waals surface area contributed by atoms with Gasteiger partial charge in [0.2, 0.25) is 0 Å². The Labute approximate surface area is 95.4 Å². The topological polar surface area (TPSA) is 25.8 Å². The van der Waals surface area contributed by atoms with E-state index in [9.17, 15) is 4.39 Å². The molecule has 0 atom stereocenters. The average molecular weight is 230 g/mol. The summed E-state index contributed by atoms with van der Waals surface area (Å²) in [6.45, 7) is 0. The van der Waals surface area contributed by atoms with Crippen molar-refractivity contribution < 1.29 is 4.39 Å². The van der Waals surface area contributed by atoms with E-state index in [-0.39, 0.29) is 5.82 Å². The fraction of sp³-hybridized carbons (Fsp3) is 0. The average Bonchev–Trinajstić information content (AvgIpc) is 2.72. The third kappa shape index (κ3) is 1.57. The number of aromatic nitrogens is 2. The molecule has 3 aromatic rings. The number of fused-ring (bicyclic) bond motifs is 1. The number of benzene rings is 1. The highest BCUT2D eigenvalue weighted by Gasteiger charge is 2.05. The van der Waals surface area contributed by atoms with Gasteiger partial charge in [0, 0.05) is 16.5 Å². The van der Waals surface area contributed by atoms with Crippen LogP contribution in [0.5, 0.6) is 0 Å². The van der Waals surface area contributed by atoms with Crippen LogP contribution in [0.3, 0.4) is 0 Å². The molecule has 0 aliphatic carbocycles. The van der Waals surface area contributed by atoms with Crippen LogP contribution in [0.2, 0.25) is 0 Å². The van der Waals surface area contributed by atoms with Crippen LogP contribution in [0.15, 0.2) is 42.9 Å². The van der Waals surface area contributed by atoms with Crippen LogP contribution in [0.25, 0.3) is 20.7 Å². The lowest BCUT2D eigenvalue weighted by Gasteiger charge is -1.95. The first-order valence-electron chi connectivity index (χ1n) is 4.78. The molecule has 3 rings (SSSR count). The minimum atomic E-state index is -0.221. The van der Waals surface area contributed by atoms with Crippen molar-refractivity contribution in [3.05, 3.63) is 48.7 Å². The van der Waals surface area contributed by atoms with Gasteiger partial charge in [0.15, 0.2) is 0 Å². The number of nitrogens with zero attached hydrogens (tertiary/aromatic N) is 2. The molecule has 0 saturated heterocycles. The summed E-state index contributed by atoms with van der Waals surface area (Å²) in [6, 6.07) is 8.55. The molecule has 0 aliphatic heterocycles. The molecule has 0 N–H and O–H groups in total. The maximum Gasteiger partial charge on any atom is 0.127 e. The highest BCUT2D eigenvalue weighted by atomic mass is 32.1. The second-order valence-electron chi connectivity index (χ2n) is 3.40. The predicted molar refractivity (Wildman–Crippen MR) is 62.8 cm³/mol. The minimum Gasteiger partial charge on any atom is -0.244 e. The number of halogens is 1. The Hall–Kier alpha value is -1.81. The van der Waals surface area contributed by atoms with Gasteiger partial charge in [0.05, 0.1) is 0 Å². The molecule has 0 spiro atoms. The fourth-order valence-electron chi connectivity index (χ4n) is 1.57. The van der Waals surface area contributed by atoms with E-state index >= 15 is 0 Å². The van der Waals surface area contributed by atoms with Crippen LogP contribution in [0.4, 0.5) is 4.39 Å². The zero-order chi connectivity index (χ0) is 11.0. The van der Waals surface area contributed by atoms with Gasteiger partial charge in [-0.05, 0) is 23.8 Å². The maximum atomic E-state index is 13.1. The van der Waals surface area contributed by atoms with Gasteiger partial charge < -0.3 is 0 Å². The molecule has 2 nitrogen and oxygen atoms in total. The van der Waals surface area contributed by atoms with Crippen molar-refractivity contribution in [3.8, 4) is 10.4 Å². The van der Waals surface area contributed by atoms with Gasteiger partial charge in [-0.15, -0.1) is 11.3 Å². The summed E-state index contributed by atoms with van der Waals surface area (Å²) < 4.78 is 13.1. The van der Waals surface area contributed by atoms with Crippen LogP contribution in [-0.4, -0.2) is 9.97 Å². The van der Waals surface area contributed by atoms with Crippen molar-refractivity contribution >= 4 is 21.6 Å². The molecule has 2 aromatic heterocycles. The van der Waals surface area contributed by atoms with Crippen LogP contribution in [0.1, 0.15) is 0 Å². The molecule has 16 heavy (non-hydrogen) atoms. The van der Waals surface area contributed by atoms with Crippen molar-refractivity contribution in [2.24, 2.45) is 0 Å². The van der Waals surface area contributed by atoms with E-state index in [2.05, 4.69) is 9.97 Å². The van der Waals surface area contributed by atoms with Gasteiger partial charge in [-0.2, -0.15) is 0 Å². The lowest BCUT2D eigenvalue weighted by Crippen LogP contribution is -1.74. The lowest BCUT2D eigenvalue weighted by atomic mass is 10.2. The van der Waals surface area contributed by atoms with Crippen molar-refractivity contribution in [3.63, 3.8) is 0 Å².